The van der Waals surface area contributed by atoms with Gasteiger partial charge in [0.15, 0.2) is 10.3 Å². The molecule has 0 bridgehead atoms. The van der Waals surface area contributed by atoms with Crippen molar-refractivity contribution in [3.63, 3.8) is 0 Å². The molecule has 0 spiro atoms. The Balaban J connectivity index is 0.000000157. The van der Waals surface area contributed by atoms with Crippen LogP contribution in [0.5, 0.6) is 23.0 Å². The standard InChI is InChI=1S/C17H12ClN3O2S2.C17H12FN3O2S2/c2*18-11-1-3-13(4-2-11)23-14-5-6-19-12(7-14)10-25(22)17-20-15-8-24-9-16(15)21-17/h2*1-9H,10H2,(H,20,21). The smallest absolute Gasteiger partial charge is 0.197 e. The lowest BCUT2D eigenvalue weighted by atomic mass is 10.3. The number of ether oxygens (including phenoxy) is 2. The van der Waals surface area contributed by atoms with Crippen molar-refractivity contribution in [3.8, 4) is 23.0 Å². The molecule has 252 valence electrons. The lowest BCUT2D eigenvalue weighted by Crippen LogP contribution is -2.01. The van der Waals surface area contributed by atoms with Crippen molar-refractivity contribution in [2.75, 3.05) is 0 Å². The van der Waals surface area contributed by atoms with Gasteiger partial charge >= 0.3 is 0 Å². The first-order valence-corrected chi connectivity index (χ1v) is 19.6. The van der Waals surface area contributed by atoms with Crippen LogP contribution in [-0.4, -0.2) is 38.3 Å². The summed E-state index contributed by atoms with van der Waals surface area (Å²) in [5.41, 5.74) is 4.73. The summed E-state index contributed by atoms with van der Waals surface area (Å²) in [6.45, 7) is 0. The van der Waals surface area contributed by atoms with Gasteiger partial charge in [0.2, 0.25) is 0 Å². The summed E-state index contributed by atoms with van der Waals surface area (Å²) in [6, 6.07) is 19.8. The summed E-state index contributed by atoms with van der Waals surface area (Å²) in [5.74, 6) is 2.53. The largest absolute Gasteiger partial charge is 0.457 e. The number of fused-ring (bicyclic) bond motifs is 2. The molecule has 2 unspecified atom stereocenters. The number of pyridine rings is 2. The summed E-state index contributed by atoms with van der Waals surface area (Å²) in [5, 5.41) is 9.25. The van der Waals surface area contributed by atoms with Crippen LogP contribution < -0.4 is 9.47 Å². The predicted molar refractivity (Wildman–Crippen MR) is 195 cm³/mol. The molecular weight excluding hydrogens is 739 g/mol. The number of benzene rings is 2. The Morgan fingerprint density at radius 1 is 0.640 bits per heavy atom. The van der Waals surface area contributed by atoms with Gasteiger partial charge in [-0.1, -0.05) is 11.6 Å². The van der Waals surface area contributed by atoms with Crippen molar-refractivity contribution in [1.29, 1.82) is 0 Å². The van der Waals surface area contributed by atoms with Gasteiger partial charge in [-0.05, 0) is 60.7 Å². The van der Waals surface area contributed by atoms with Crippen LogP contribution in [0.3, 0.4) is 0 Å². The van der Waals surface area contributed by atoms with E-state index in [2.05, 4.69) is 29.9 Å². The van der Waals surface area contributed by atoms with Crippen molar-refractivity contribution in [3.05, 3.63) is 129 Å². The van der Waals surface area contributed by atoms with Gasteiger partial charge in [0, 0.05) is 51.1 Å². The highest BCUT2D eigenvalue weighted by atomic mass is 35.5. The zero-order valence-electron chi connectivity index (χ0n) is 25.6. The predicted octanol–water partition coefficient (Wildman–Crippen LogP) is 9.03. The van der Waals surface area contributed by atoms with Crippen LogP contribution in [0.25, 0.3) is 22.1 Å². The van der Waals surface area contributed by atoms with Gasteiger partial charge in [-0.25, -0.2) is 14.4 Å². The second kappa shape index (κ2) is 15.4. The Morgan fingerprint density at radius 2 is 1.10 bits per heavy atom. The molecule has 50 heavy (non-hydrogen) atoms. The summed E-state index contributed by atoms with van der Waals surface area (Å²) in [6.07, 6.45) is 3.23. The molecule has 10 nitrogen and oxygen atoms in total. The maximum absolute atomic E-state index is 12.9. The molecule has 0 fully saturated rings. The number of halogens is 2. The van der Waals surface area contributed by atoms with E-state index in [0.29, 0.717) is 49.7 Å². The third-order valence-electron chi connectivity index (χ3n) is 6.87. The molecule has 0 saturated heterocycles. The number of hydrogen-bond acceptors (Lipinski definition) is 10. The van der Waals surface area contributed by atoms with Crippen LogP contribution in [0, 0.1) is 5.82 Å². The molecule has 2 aromatic carbocycles. The Bertz CT molecular complexity index is 2200. The SMILES string of the molecule is O=S(Cc1cc(Oc2ccc(Cl)cc2)ccn1)c1nc2cscc2[nH]1.O=S(Cc1cc(Oc2ccc(F)cc2)ccn1)c1nc2cscc2[nH]1. The van der Waals surface area contributed by atoms with Crippen LogP contribution in [0.1, 0.15) is 11.4 Å². The highest BCUT2D eigenvalue weighted by Crippen LogP contribution is 2.26. The average Bonchev–Trinajstić information content (AvgIpc) is 3.90. The molecule has 0 aliphatic heterocycles. The molecule has 8 rings (SSSR count). The minimum Gasteiger partial charge on any atom is -0.457 e. The lowest BCUT2D eigenvalue weighted by Gasteiger charge is -2.07. The number of aromatic nitrogens is 6. The molecular formula is C34H24ClFN6O4S4. The molecule has 0 radical (unpaired) electrons. The van der Waals surface area contributed by atoms with Crippen LogP contribution in [0.15, 0.2) is 117 Å². The molecule has 16 heteroatoms. The number of H-pyrrole nitrogens is 2. The quantitative estimate of drug-likeness (QED) is 0.141. The van der Waals surface area contributed by atoms with Crippen LogP contribution in [-0.2, 0) is 33.1 Å². The van der Waals surface area contributed by atoms with Crippen molar-refractivity contribution in [2.45, 2.75) is 21.8 Å². The molecule has 2 N–H and O–H groups in total. The molecule has 0 saturated carbocycles. The number of nitrogens with one attached hydrogen (secondary N) is 2. The van der Waals surface area contributed by atoms with E-state index < -0.39 is 21.6 Å². The van der Waals surface area contributed by atoms with E-state index in [-0.39, 0.29) is 17.3 Å². The summed E-state index contributed by atoms with van der Waals surface area (Å²) < 4.78 is 49.4. The zero-order valence-corrected chi connectivity index (χ0v) is 29.6. The van der Waals surface area contributed by atoms with E-state index in [1.54, 1.807) is 95.7 Å². The fraction of sp³-hybridized carbons (Fsp3) is 0.0588. The van der Waals surface area contributed by atoms with Crippen molar-refractivity contribution >= 4 is 77.9 Å². The first-order chi connectivity index (χ1) is 24.3. The van der Waals surface area contributed by atoms with Crippen LogP contribution >= 0.6 is 34.3 Å². The number of thiophene rings is 2. The Hall–Kier alpha value is -4.80. The minimum atomic E-state index is -1.33. The summed E-state index contributed by atoms with van der Waals surface area (Å²) in [7, 11) is -2.63. The number of hydrogen-bond donors (Lipinski definition) is 2. The van der Waals surface area contributed by atoms with Gasteiger partial charge in [0.1, 0.15) is 39.8 Å². The number of imidazole rings is 2. The zero-order chi connectivity index (χ0) is 34.5. The minimum absolute atomic E-state index is 0.222. The Kier molecular flexibility index (Phi) is 10.4. The topological polar surface area (TPSA) is 136 Å². The van der Waals surface area contributed by atoms with E-state index in [1.807, 2.05) is 21.5 Å². The second-order valence-electron chi connectivity index (χ2n) is 10.5. The van der Waals surface area contributed by atoms with E-state index in [9.17, 15) is 12.8 Å². The number of aromatic amines is 2. The molecule has 0 aliphatic rings. The van der Waals surface area contributed by atoms with Gasteiger partial charge in [0.05, 0.1) is 55.5 Å². The first kappa shape index (κ1) is 33.7. The van der Waals surface area contributed by atoms with Gasteiger partial charge in [0.25, 0.3) is 0 Å². The van der Waals surface area contributed by atoms with E-state index in [4.69, 9.17) is 21.1 Å². The number of nitrogens with zero attached hydrogens (tertiary/aromatic N) is 4. The summed E-state index contributed by atoms with van der Waals surface area (Å²) in [4.78, 5) is 23.3. The van der Waals surface area contributed by atoms with Crippen molar-refractivity contribution < 1.29 is 22.3 Å². The fourth-order valence-corrected chi connectivity index (χ4v) is 8.03. The molecule has 6 heterocycles. The van der Waals surface area contributed by atoms with E-state index in [0.717, 1.165) is 22.1 Å². The molecule has 2 atom stereocenters. The highest BCUT2D eigenvalue weighted by molar-refractivity contribution is 7.84. The Morgan fingerprint density at radius 3 is 1.56 bits per heavy atom. The third kappa shape index (κ3) is 8.49. The molecule has 0 amide bonds. The van der Waals surface area contributed by atoms with E-state index in [1.165, 1.54) is 12.1 Å². The fourth-order valence-electron chi connectivity index (χ4n) is 4.54. The summed E-state index contributed by atoms with van der Waals surface area (Å²) >= 11 is 8.97. The van der Waals surface area contributed by atoms with Gasteiger partial charge in [-0.2, -0.15) is 0 Å². The Labute approximate surface area is 302 Å². The average molecular weight is 763 g/mol. The molecule has 0 aliphatic carbocycles. The lowest BCUT2D eigenvalue weighted by molar-refractivity contribution is 0.479. The normalized spacial score (nSPS) is 12.4. The molecule has 6 aromatic heterocycles. The first-order valence-electron chi connectivity index (χ1n) is 14.7. The van der Waals surface area contributed by atoms with Crippen LogP contribution in [0.4, 0.5) is 4.39 Å². The second-order valence-corrected chi connectivity index (χ2v) is 15.1. The van der Waals surface area contributed by atoms with Gasteiger partial charge in [-0.15, -0.1) is 22.7 Å². The van der Waals surface area contributed by atoms with Gasteiger partial charge in [-0.3, -0.25) is 18.4 Å². The number of rotatable bonds is 10. The van der Waals surface area contributed by atoms with Crippen molar-refractivity contribution in [1.82, 2.24) is 29.9 Å². The monoisotopic (exact) mass is 762 g/mol. The maximum atomic E-state index is 12.9. The van der Waals surface area contributed by atoms with Gasteiger partial charge < -0.3 is 19.4 Å². The maximum Gasteiger partial charge on any atom is 0.197 e. The molecule has 8 aromatic rings. The highest BCUT2D eigenvalue weighted by Gasteiger charge is 2.14. The van der Waals surface area contributed by atoms with E-state index >= 15 is 0 Å². The third-order valence-corrected chi connectivity index (χ3v) is 11.0. The van der Waals surface area contributed by atoms with Crippen molar-refractivity contribution in [2.24, 2.45) is 0 Å². The van der Waals surface area contributed by atoms with Crippen LogP contribution in [0.2, 0.25) is 5.02 Å².